The first-order chi connectivity index (χ1) is 11.5. The van der Waals surface area contributed by atoms with E-state index in [-0.39, 0.29) is 28.9 Å². The van der Waals surface area contributed by atoms with Crippen LogP contribution in [0.2, 0.25) is 0 Å². The first-order valence-electron chi connectivity index (χ1n) is 8.32. The van der Waals surface area contributed by atoms with Crippen LogP contribution in [-0.4, -0.2) is 49.5 Å². The Labute approximate surface area is 142 Å². The van der Waals surface area contributed by atoms with Gasteiger partial charge < -0.3 is 10.2 Å². The first kappa shape index (κ1) is 17.0. The van der Waals surface area contributed by atoms with Crippen molar-refractivity contribution in [2.45, 2.75) is 42.5 Å². The molecule has 1 aromatic carbocycles. The van der Waals surface area contributed by atoms with Gasteiger partial charge in [-0.05, 0) is 37.8 Å². The molecule has 1 unspecified atom stereocenters. The summed E-state index contributed by atoms with van der Waals surface area (Å²) < 4.78 is 24.7. The highest BCUT2D eigenvalue weighted by Gasteiger charge is 2.50. The predicted octanol–water partition coefficient (Wildman–Crippen LogP) is 1.12. The second-order valence-electron chi connectivity index (χ2n) is 6.42. The van der Waals surface area contributed by atoms with Crippen LogP contribution in [0.25, 0.3) is 0 Å². The van der Waals surface area contributed by atoms with Crippen LogP contribution >= 0.6 is 0 Å². The van der Waals surface area contributed by atoms with Crippen LogP contribution in [0.4, 0.5) is 0 Å². The zero-order chi connectivity index (χ0) is 17.2. The van der Waals surface area contributed by atoms with Crippen LogP contribution in [0.1, 0.15) is 32.1 Å². The van der Waals surface area contributed by atoms with E-state index < -0.39 is 15.4 Å². The quantitative estimate of drug-likeness (QED) is 0.882. The molecule has 6 nitrogen and oxygen atoms in total. The Morgan fingerprint density at radius 1 is 1.17 bits per heavy atom. The fraction of sp³-hybridized carbons (Fsp3) is 0.529. The lowest BCUT2D eigenvalue weighted by Crippen LogP contribution is -2.60. The van der Waals surface area contributed by atoms with Gasteiger partial charge in [0.25, 0.3) is 0 Å². The van der Waals surface area contributed by atoms with Crippen LogP contribution in [0.3, 0.4) is 0 Å². The summed E-state index contributed by atoms with van der Waals surface area (Å²) in [6.07, 6.45) is 2.86. The van der Waals surface area contributed by atoms with E-state index >= 15 is 0 Å². The maximum absolute atomic E-state index is 12.6. The number of nitrogens with zero attached hydrogens (tertiary/aromatic N) is 1. The third-order valence-corrected chi connectivity index (χ3v) is 6.68. The molecule has 130 valence electrons. The van der Waals surface area contributed by atoms with E-state index in [0.717, 1.165) is 12.8 Å². The van der Waals surface area contributed by atoms with Crippen molar-refractivity contribution in [3.05, 3.63) is 30.3 Å². The van der Waals surface area contributed by atoms with Gasteiger partial charge in [-0.15, -0.1) is 0 Å². The number of sulfone groups is 1. The SMILES string of the molecule is O=C(CCS(=O)(=O)c1ccccc1)N1CCCC12CCCNC2=O. The van der Waals surface area contributed by atoms with E-state index in [4.69, 9.17) is 0 Å². The number of carbonyl (C=O) groups excluding carboxylic acids is 2. The molecule has 2 aliphatic heterocycles. The summed E-state index contributed by atoms with van der Waals surface area (Å²) in [7, 11) is -3.49. The van der Waals surface area contributed by atoms with Gasteiger partial charge in [0.1, 0.15) is 5.54 Å². The summed E-state index contributed by atoms with van der Waals surface area (Å²) in [5.41, 5.74) is -0.758. The van der Waals surface area contributed by atoms with Crippen molar-refractivity contribution in [1.29, 1.82) is 0 Å². The van der Waals surface area contributed by atoms with E-state index in [9.17, 15) is 18.0 Å². The molecule has 1 atom stereocenters. The van der Waals surface area contributed by atoms with Gasteiger partial charge in [-0.2, -0.15) is 0 Å². The highest BCUT2D eigenvalue weighted by molar-refractivity contribution is 7.91. The molecule has 1 N–H and O–H groups in total. The van der Waals surface area contributed by atoms with E-state index in [0.29, 0.717) is 25.9 Å². The van der Waals surface area contributed by atoms with Crippen molar-refractivity contribution in [2.24, 2.45) is 0 Å². The number of benzene rings is 1. The Kier molecular flexibility index (Phi) is 4.62. The number of hydrogen-bond donors (Lipinski definition) is 1. The molecule has 7 heteroatoms. The average molecular weight is 350 g/mol. The monoisotopic (exact) mass is 350 g/mol. The van der Waals surface area contributed by atoms with Crippen molar-refractivity contribution in [2.75, 3.05) is 18.8 Å². The first-order valence-corrected chi connectivity index (χ1v) is 9.97. The standard InChI is InChI=1S/C17H22N2O4S/c20-15(8-13-24(22,23)14-6-2-1-3-7-14)19-12-5-10-17(19)9-4-11-18-16(17)21/h1-3,6-7H,4-5,8-13H2,(H,18,21). The Hall–Kier alpha value is -1.89. The summed E-state index contributed by atoms with van der Waals surface area (Å²) in [6, 6.07) is 8.14. The highest BCUT2D eigenvalue weighted by Crippen LogP contribution is 2.36. The number of piperidine rings is 1. The lowest BCUT2D eigenvalue weighted by atomic mass is 9.86. The molecule has 1 aromatic rings. The molecular weight excluding hydrogens is 328 g/mol. The topological polar surface area (TPSA) is 83.6 Å². The smallest absolute Gasteiger partial charge is 0.245 e. The maximum atomic E-state index is 12.6. The number of rotatable bonds is 4. The Morgan fingerprint density at radius 2 is 1.88 bits per heavy atom. The number of hydrogen-bond acceptors (Lipinski definition) is 4. The van der Waals surface area contributed by atoms with Crippen molar-refractivity contribution in [3.63, 3.8) is 0 Å². The summed E-state index contributed by atoms with van der Waals surface area (Å²) in [5, 5.41) is 2.85. The zero-order valence-electron chi connectivity index (χ0n) is 13.5. The molecule has 0 bridgehead atoms. The molecule has 0 aliphatic carbocycles. The lowest BCUT2D eigenvalue weighted by Gasteiger charge is -2.40. The second-order valence-corrected chi connectivity index (χ2v) is 8.53. The Balaban J connectivity index is 1.70. The van der Waals surface area contributed by atoms with Gasteiger partial charge >= 0.3 is 0 Å². The largest absolute Gasteiger partial charge is 0.354 e. The fourth-order valence-electron chi connectivity index (χ4n) is 3.70. The molecule has 0 aromatic heterocycles. The van der Waals surface area contributed by atoms with Crippen molar-refractivity contribution >= 4 is 21.7 Å². The molecular formula is C17H22N2O4S. The summed E-state index contributed by atoms with van der Waals surface area (Å²) in [5.74, 6) is -0.570. The average Bonchev–Trinajstić information content (AvgIpc) is 3.01. The highest BCUT2D eigenvalue weighted by atomic mass is 32.2. The molecule has 2 heterocycles. The summed E-state index contributed by atoms with van der Waals surface area (Å²) in [4.78, 5) is 26.8. The normalized spacial score (nSPS) is 24.2. The number of carbonyl (C=O) groups is 2. The number of amides is 2. The van der Waals surface area contributed by atoms with Gasteiger partial charge in [0.05, 0.1) is 10.6 Å². The van der Waals surface area contributed by atoms with Crippen LogP contribution in [0, 0.1) is 0 Å². The van der Waals surface area contributed by atoms with Gasteiger partial charge in [0.15, 0.2) is 9.84 Å². The summed E-state index contributed by atoms with van der Waals surface area (Å²) >= 11 is 0. The van der Waals surface area contributed by atoms with Gasteiger partial charge in [-0.25, -0.2) is 8.42 Å². The van der Waals surface area contributed by atoms with Crippen LogP contribution in [0.5, 0.6) is 0 Å². The van der Waals surface area contributed by atoms with E-state index in [2.05, 4.69) is 5.32 Å². The molecule has 24 heavy (non-hydrogen) atoms. The summed E-state index contributed by atoms with van der Waals surface area (Å²) in [6.45, 7) is 1.17. The van der Waals surface area contributed by atoms with E-state index in [1.165, 1.54) is 12.1 Å². The molecule has 2 fully saturated rings. The molecule has 1 spiro atoms. The van der Waals surface area contributed by atoms with Crippen molar-refractivity contribution in [3.8, 4) is 0 Å². The van der Waals surface area contributed by atoms with Crippen molar-refractivity contribution < 1.29 is 18.0 Å². The van der Waals surface area contributed by atoms with Crippen molar-refractivity contribution in [1.82, 2.24) is 10.2 Å². The minimum atomic E-state index is -3.49. The predicted molar refractivity (Wildman–Crippen MR) is 89.0 cm³/mol. The third kappa shape index (κ3) is 3.05. The van der Waals surface area contributed by atoms with Gasteiger partial charge in [-0.1, -0.05) is 18.2 Å². The number of nitrogens with one attached hydrogen (secondary N) is 1. The minimum absolute atomic E-state index is 0.0910. The third-order valence-electron chi connectivity index (χ3n) is 4.95. The molecule has 2 amide bonds. The fourth-order valence-corrected chi connectivity index (χ4v) is 4.95. The lowest BCUT2D eigenvalue weighted by molar-refractivity contribution is -0.146. The van der Waals surface area contributed by atoms with E-state index in [1.54, 1.807) is 23.1 Å². The van der Waals surface area contributed by atoms with Gasteiger partial charge in [-0.3, -0.25) is 9.59 Å². The second kappa shape index (κ2) is 6.55. The van der Waals surface area contributed by atoms with Crippen LogP contribution < -0.4 is 5.32 Å². The van der Waals surface area contributed by atoms with E-state index in [1.807, 2.05) is 0 Å². The Bertz CT molecular complexity index is 732. The van der Waals surface area contributed by atoms with Crippen LogP contribution in [-0.2, 0) is 19.4 Å². The van der Waals surface area contributed by atoms with Crippen LogP contribution in [0.15, 0.2) is 35.2 Å². The van der Waals surface area contributed by atoms with Gasteiger partial charge in [0, 0.05) is 19.5 Å². The zero-order valence-corrected chi connectivity index (χ0v) is 14.3. The molecule has 3 rings (SSSR count). The molecule has 0 saturated carbocycles. The molecule has 0 radical (unpaired) electrons. The minimum Gasteiger partial charge on any atom is -0.354 e. The Morgan fingerprint density at radius 3 is 2.58 bits per heavy atom. The molecule has 2 aliphatic rings. The number of likely N-dealkylation sites (tertiary alicyclic amines) is 1. The molecule has 2 saturated heterocycles. The van der Waals surface area contributed by atoms with Gasteiger partial charge in [0.2, 0.25) is 11.8 Å². The maximum Gasteiger partial charge on any atom is 0.245 e.